The normalized spacial score (nSPS) is 42.6. The van der Waals surface area contributed by atoms with Gasteiger partial charge in [0.05, 0.1) is 0 Å². The second-order valence-electron chi connectivity index (χ2n) is 11.0. The van der Waals surface area contributed by atoms with Crippen LogP contribution < -0.4 is 0 Å². The van der Waals surface area contributed by atoms with E-state index in [2.05, 4.69) is 19.9 Å². The van der Waals surface area contributed by atoms with Crippen LogP contribution in [0, 0.1) is 34.5 Å². The number of hydrogen-bond acceptors (Lipinski definition) is 6. The standard InChI is InChI=1S/C26H38O6/c1-15-12-20(31-17(3)28)13-19-6-7-21-22-8-9-24(32-18(4)29)25(22,5)11-10-23(21)26(15,19)14-30-16(2)27/h6,15,20-24H,7-14H2,1-5H3/t15-,20+,21+,22+,23+,24+,25+,26+/m1/s1. The van der Waals surface area contributed by atoms with Crippen LogP contribution in [0.1, 0.15) is 79.6 Å². The Bertz CT molecular complexity index is 817. The molecular formula is C26H38O6. The van der Waals surface area contributed by atoms with E-state index in [9.17, 15) is 14.4 Å². The smallest absolute Gasteiger partial charge is 0.302 e. The van der Waals surface area contributed by atoms with Crippen molar-refractivity contribution >= 4 is 17.9 Å². The summed E-state index contributed by atoms with van der Waals surface area (Å²) >= 11 is 0. The van der Waals surface area contributed by atoms with Crippen LogP contribution in [-0.2, 0) is 28.6 Å². The van der Waals surface area contributed by atoms with Crippen LogP contribution in [-0.4, -0.2) is 36.7 Å². The Morgan fingerprint density at radius 2 is 1.72 bits per heavy atom. The molecule has 0 radical (unpaired) electrons. The zero-order chi connectivity index (χ0) is 23.3. The number of esters is 3. The number of ether oxygens (including phenoxy) is 3. The molecule has 178 valence electrons. The van der Waals surface area contributed by atoms with Crippen molar-refractivity contribution in [2.75, 3.05) is 6.61 Å². The summed E-state index contributed by atoms with van der Waals surface area (Å²) in [4.78, 5) is 35.2. The van der Waals surface area contributed by atoms with Gasteiger partial charge < -0.3 is 14.2 Å². The molecule has 8 atom stereocenters. The first-order valence-corrected chi connectivity index (χ1v) is 12.2. The van der Waals surface area contributed by atoms with E-state index in [0.29, 0.717) is 24.4 Å². The average Bonchev–Trinajstić information content (AvgIpc) is 3.02. The van der Waals surface area contributed by atoms with E-state index in [4.69, 9.17) is 14.2 Å². The molecule has 3 saturated carbocycles. The summed E-state index contributed by atoms with van der Waals surface area (Å²) in [7, 11) is 0. The Morgan fingerprint density at radius 1 is 1.00 bits per heavy atom. The molecule has 6 heteroatoms. The molecule has 4 rings (SSSR count). The third-order valence-corrected chi connectivity index (χ3v) is 9.34. The Labute approximate surface area is 191 Å². The molecule has 4 aliphatic carbocycles. The molecule has 0 spiro atoms. The predicted molar refractivity (Wildman–Crippen MR) is 118 cm³/mol. The largest absolute Gasteiger partial charge is 0.465 e. The van der Waals surface area contributed by atoms with Gasteiger partial charge in [0.1, 0.15) is 18.8 Å². The fraction of sp³-hybridized carbons (Fsp3) is 0.808. The lowest BCUT2D eigenvalue weighted by atomic mass is 9.45. The van der Waals surface area contributed by atoms with Crippen LogP contribution in [0.15, 0.2) is 11.6 Å². The van der Waals surface area contributed by atoms with Gasteiger partial charge in [-0.15, -0.1) is 0 Å². The summed E-state index contributed by atoms with van der Waals surface area (Å²) in [5, 5.41) is 0. The first-order valence-electron chi connectivity index (χ1n) is 12.2. The summed E-state index contributed by atoms with van der Waals surface area (Å²) in [5.41, 5.74) is 1.12. The third-order valence-electron chi connectivity index (χ3n) is 9.34. The van der Waals surface area contributed by atoms with Gasteiger partial charge in [-0.1, -0.05) is 25.5 Å². The van der Waals surface area contributed by atoms with Crippen LogP contribution in [0.4, 0.5) is 0 Å². The zero-order valence-electron chi connectivity index (χ0n) is 20.1. The van der Waals surface area contributed by atoms with Crippen LogP contribution in [0.5, 0.6) is 0 Å². The van der Waals surface area contributed by atoms with Gasteiger partial charge in [-0.3, -0.25) is 14.4 Å². The topological polar surface area (TPSA) is 78.9 Å². The maximum atomic E-state index is 11.9. The molecule has 6 nitrogen and oxygen atoms in total. The number of carbonyl (C=O) groups excluding carboxylic acids is 3. The molecule has 0 unspecified atom stereocenters. The van der Waals surface area contributed by atoms with E-state index in [0.717, 1.165) is 44.9 Å². The summed E-state index contributed by atoms with van der Waals surface area (Å²) in [6.07, 6.45) is 8.83. The van der Waals surface area contributed by atoms with E-state index in [1.807, 2.05) is 0 Å². The predicted octanol–water partition coefficient (Wildman–Crippen LogP) is 4.60. The van der Waals surface area contributed by atoms with E-state index in [1.54, 1.807) is 0 Å². The fourth-order valence-electron chi connectivity index (χ4n) is 8.08. The molecule has 0 bridgehead atoms. The van der Waals surface area contributed by atoms with Crippen molar-refractivity contribution < 1.29 is 28.6 Å². The molecule has 0 heterocycles. The molecule has 4 aliphatic rings. The molecule has 0 amide bonds. The van der Waals surface area contributed by atoms with Crippen LogP contribution in [0.25, 0.3) is 0 Å². The van der Waals surface area contributed by atoms with Crippen LogP contribution in [0.3, 0.4) is 0 Å². The second-order valence-corrected chi connectivity index (χ2v) is 11.0. The molecule has 3 fully saturated rings. The molecule has 0 N–H and O–H groups in total. The van der Waals surface area contributed by atoms with Gasteiger partial charge in [0.25, 0.3) is 0 Å². The molecule has 0 aromatic carbocycles. The van der Waals surface area contributed by atoms with Crippen molar-refractivity contribution in [2.45, 2.75) is 91.8 Å². The summed E-state index contributed by atoms with van der Waals surface area (Å²) in [6, 6.07) is 0. The summed E-state index contributed by atoms with van der Waals surface area (Å²) < 4.78 is 17.1. The lowest BCUT2D eigenvalue weighted by molar-refractivity contribution is -0.164. The first kappa shape index (κ1) is 23.3. The molecule has 0 aromatic heterocycles. The lowest BCUT2D eigenvalue weighted by Crippen LogP contribution is -2.57. The Balaban J connectivity index is 1.67. The van der Waals surface area contributed by atoms with Crippen molar-refractivity contribution in [3.8, 4) is 0 Å². The van der Waals surface area contributed by atoms with Gasteiger partial charge in [0.2, 0.25) is 0 Å². The van der Waals surface area contributed by atoms with Crippen molar-refractivity contribution in [1.29, 1.82) is 0 Å². The zero-order valence-corrected chi connectivity index (χ0v) is 20.1. The van der Waals surface area contributed by atoms with Crippen LogP contribution in [0.2, 0.25) is 0 Å². The summed E-state index contributed by atoms with van der Waals surface area (Å²) in [6.45, 7) is 9.41. The highest BCUT2D eigenvalue weighted by Gasteiger charge is 2.62. The van der Waals surface area contributed by atoms with Gasteiger partial charge in [-0.2, -0.15) is 0 Å². The highest BCUT2D eigenvalue weighted by atomic mass is 16.5. The molecule has 0 aromatic rings. The Hall–Kier alpha value is -1.85. The first-order chi connectivity index (χ1) is 15.1. The molecule has 0 saturated heterocycles. The third kappa shape index (κ3) is 3.77. The average molecular weight is 447 g/mol. The van der Waals surface area contributed by atoms with Gasteiger partial charge in [0.15, 0.2) is 0 Å². The van der Waals surface area contributed by atoms with Gasteiger partial charge in [0, 0.05) is 38.0 Å². The highest BCUT2D eigenvalue weighted by molar-refractivity contribution is 5.67. The summed E-state index contributed by atoms with van der Waals surface area (Å²) in [5.74, 6) is 0.982. The minimum absolute atomic E-state index is 0.00197. The molecular weight excluding hydrogens is 408 g/mol. The second kappa shape index (κ2) is 8.49. The monoisotopic (exact) mass is 446 g/mol. The maximum Gasteiger partial charge on any atom is 0.302 e. The van der Waals surface area contributed by atoms with E-state index < -0.39 is 0 Å². The van der Waals surface area contributed by atoms with Crippen molar-refractivity contribution in [1.82, 2.24) is 0 Å². The Morgan fingerprint density at radius 3 is 2.38 bits per heavy atom. The van der Waals surface area contributed by atoms with E-state index in [1.165, 1.54) is 26.3 Å². The highest BCUT2D eigenvalue weighted by Crippen LogP contribution is 2.66. The van der Waals surface area contributed by atoms with E-state index in [-0.39, 0.29) is 46.9 Å². The van der Waals surface area contributed by atoms with Crippen molar-refractivity contribution in [3.63, 3.8) is 0 Å². The van der Waals surface area contributed by atoms with Gasteiger partial charge >= 0.3 is 17.9 Å². The number of fused-ring (bicyclic) bond motifs is 5. The lowest BCUT2D eigenvalue weighted by Gasteiger charge is -2.60. The quantitative estimate of drug-likeness (QED) is 0.357. The van der Waals surface area contributed by atoms with E-state index >= 15 is 0 Å². The number of carbonyl (C=O) groups is 3. The SMILES string of the molecule is CC(=O)OC[C@]12C(=CC[C@H]3[C@@H]4CC[C@H](OC(C)=O)[C@@]4(C)CC[C@@H]31)C[C@@H](OC(C)=O)C[C@H]2C. The maximum absolute atomic E-state index is 11.9. The Kier molecular flexibility index (Phi) is 6.19. The minimum Gasteiger partial charge on any atom is -0.465 e. The van der Waals surface area contributed by atoms with Gasteiger partial charge in [-0.05, 0) is 62.2 Å². The number of allylic oxidation sites excluding steroid dienone is 1. The molecule has 32 heavy (non-hydrogen) atoms. The van der Waals surface area contributed by atoms with Crippen molar-refractivity contribution in [2.24, 2.45) is 34.5 Å². The van der Waals surface area contributed by atoms with Gasteiger partial charge in [-0.25, -0.2) is 0 Å². The fourth-order valence-corrected chi connectivity index (χ4v) is 8.08. The van der Waals surface area contributed by atoms with Crippen molar-refractivity contribution in [3.05, 3.63) is 11.6 Å². The molecule has 0 aliphatic heterocycles. The number of rotatable bonds is 4. The number of hydrogen-bond donors (Lipinski definition) is 0. The minimum atomic E-state index is -0.244. The van der Waals surface area contributed by atoms with Crippen LogP contribution >= 0.6 is 0 Å².